The van der Waals surface area contributed by atoms with Gasteiger partial charge in [0.05, 0.1) is 6.04 Å². The Morgan fingerprint density at radius 1 is 1.19 bits per heavy atom. The molecule has 6 heteroatoms. The third kappa shape index (κ3) is 7.94. The van der Waals surface area contributed by atoms with Crippen molar-refractivity contribution in [1.82, 2.24) is 5.32 Å². The fourth-order valence-electron chi connectivity index (χ4n) is 1.93. The molecule has 0 saturated heterocycles. The molecular formula is C15H25N5O. The summed E-state index contributed by atoms with van der Waals surface area (Å²) in [5.74, 6) is -0.0540. The molecule has 1 rings (SSSR count). The van der Waals surface area contributed by atoms with Gasteiger partial charge in [0.1, 0.15) is 0 Å². The van der Waals surface area contributed by atoms with E-state index in [1.54, 1.807) is 0 Å². The number of hydrogen-bond donors (Lipinski definition) is 4. The molecule has 0 spiro atoms. The summed E-state index contributed by atoms with van der Waals surface area (Å²) in [5, 5.41) is 2.85. The maximum atomic E-state index is 11.8. The second kappa shape index (κ2) is 9.77. The maximum absolute atomic E-state index is 11.8. The molecule has 6 nitrogen and oxygen atoms in total. The molecule has 0 unspecified atom stereocenters. The SMILES string of the molecule is NC(N)=NCCC[C@H](N)C(=O)NCCCc1ccccc1. The first-order chi connectivity index (χ1) is 10.1. The van der Waals surface area contributed by atoms with Crippen LogP contribution >= 0.6 is 0 Å². The number of aryl methyl sites for hydroxylation is 1. The number of guanidine groups is 1. The van der Waals surface area contributed by atoms with Crippen molar-refractivity contribution in [2.24, 2.45) is 22.2 Å². The monoisotopic (exact) mass is 291 g/mol. The number of nitrogens with zero attached hydrogens (tertiary/aromatic N) is 1. The number of aliphatic imine (C=N–C) groups is 1. The lowest BCUT2D eigenvalue weighted by molar-refractivity contribution is -0.122. The minimum absolute atomic E-state index is 0.0638. The minimum Gasteiger partial charge on any atom is -0.370 e. The van der Waals surface area contributed by atoms with Gasteiger partial charge in [-0.1, -0.05) is 30.3 Å². The zero-order chi connectivity index (χ0) is 15.5. The quantitative estimate of drug-likeness (QED) is 0.293. The average molecular weight is 291 g/mol. The van der Waals surface area contributed by atoms with Crippen molar-refractivity contribution in [1.29, 1.82) is 0 Å². The number of nitrogens with two attached hydrogens (primary N) is 3. The van der Waals surface area contributed by atoms with Gasteiger partial charge in [-0.3, -0.25) is 9.79 Å². The topological polar surface area (TPSA) is 120 Å². The van der Waals surface area contributed by atoms with E-state index in [-0.39, 0.29) is 11.9 Å². The third-order valence-electron chi connectivity index (χ3n) is 3.09. The number of carbonyl (C=O) groups is 1. The molecule has 1 aromatic rings. The van der Waals surface area contributed by atoms with Crippen LogP contribution in [0.4, 0.5) is 0 Å². The van der Waals surface area contributed by atoms with E-state index in [9.17, 15) is 4.79 Å². The van der Waals surface area contributed by atoms with Crippen molar-refractivity contribution in [3.05, 3.63) is 35.9 Å². The van der Waals surface area contributed by atoms with Crippen molar-refractivity contribution in [3.8, 4) is 0 Å². The van der Waals surface area contributed by atoms with Crippen LogP contribution in [0.15, 0.2) is 35.3 Å². The van der Waals surface area contributed by atoms with Crippen LogP contribution in [0, 0.1) is 0 Å². The van der Waals surface area contributed by atoms with Gasteiger partial charge < -0.3 is 22.5 Å². The molecule has 0 aliphatic heterocycles. The van der Waals surface area contributed by atoms with Crippen molar-refractivity contribution in [2.75, 3.05) is 13.1 Å². The molecule has 1 amide bonds. The van der Waals surface area contributed by atoms with Crippen molar-refractivity contribution >= 4 is 11.9 Å². The molecule has 21 heavy (non-hydrogen) atoms. The highest BCUT2D eigenvalue weighted by atomic mass is 16.2. The van der Waals surface area contributed by atoms with Gasteiger partial charge in [-0.15, -0.1) is 0 Å². The van der Waals surface area contributed by atoms with Crippen LogP contribution in [0.25, 0.3) is 0 Å². The lowest BCUT2D eigenvalue weighted by Gasteiger charge is -2.11. The van der Waals surface area contributed by atoms with Crippen molar-refractivity contribution in [3.63, 3.8) is 0 Å². The highest BCUT2D eigenvalue weighted by Crippen LogP contribution is 2.01. The van der Waals surface area contributed by atoms with Crippen molar-refractivity contribution < 1.29 is 4.79 Å². The summed E-state index contributed by atoms with van der Waals surface area (Å²) >= 11 is 0. The second-order valence-electron chi connectivity index (χ2n) is 4.94. The van der Waals surface area contributed by atoms with Gasteiger partial charge in [0.2, 0.25) is 5.91 Å². The maximum Gasteiger partial charge on any atom is 0.236 e. The van der Waals surface area contributed by atoms with Crippen LogP contribution in [-0.4, -0.2) is 31.0 Å². The van der Waals surface area contributed by atoms with Crippen LogP contribution in [-0.2, 0) is 11.2 Å². The Morgan fingerprint density at radius 2 is 1.90 bits per heavy atom. The number of rotatable bonds is 9. The first kappa shape index (κ1) is 17.0. The van der Waals surface area contributed by atoms with Crippen LogP contribution < -0.4 is 22.5 Å². The van der Waals surface area contributed by atoms with E-state index in [0.717, 1.165) is 12.8 Å². The van der Waals surface area contributed by atoms with E-state index in [1.807, 2.05) is 18.2 Å². The standard InChI is InChI=1S/C15H25N5O/c16-13(9-5-11-20-15(17)18)14(21)19-10-4-8-12-6-2-1-3-7-12/h1-3,6-7,13H,4-5,8-11,16H2,(H,19,21)(H4,17,18,20)/t13-/m0/s1. The number of amides is 1. The highest BCUT2D eigenvalue weighted by molar-refractivity contribution is 5.81. The molecule has 0 radical (unpaired) electrons. The molecule has 7 N–H and O–H groups in total. The lowest BCUT2D eigenvalue weighted by Crippen LogP contribution is -2.41. The Balaban J connectivity index is 2.11. The summed E-state index contributed by atoms with van der Waals surface area (Å²) < 4.78 is 0. The van der Waals surface area contributed by atoms with Gasteiger partial charge in [0.25, 0.3) is 0 Å². The smallest absolute Gasteiger partial charge is 0.236 e. The molecule has 116 valence electrons. The summed E-state index contributed by atoms with van der Waals surface area (Å²) in [6.45, 7) is 1.13. The van der Waals surface area contributed by atoms with E-state index in [0.29, 0.717) is 25.9 Å². The molecule has 0 heterocycles. The fraction of sp³-hybridized carbons (Fsp3) is 0.467. The minimum atomic E-state index is -0.504. The number of nitrogens with one attached hydrogen (secondary N) is 1. The van der Waals surface area contributed by atoms with Crippen LogP contribution in [0.2, 0.25) is 0 Å². The summed E-state index contributed by atoms with van der Waals surface area (Å²) in [7, 11) is 0. The second-order valence-corrected chi connectivity index (χ2v) is 4.94. The van der Waals surface area contributed by atoms with Gasteiger partial charge in [-0.05, 0) is 31.2 Å². The van der Waals surface area contributed by atoms with Gasteiger partial charge in [-0.25, -0.2) is 0 Å². The van der Waals surface area contributed by atoms with E-state index in [2.05, 4.69) is 22.4 Å². The summed E-state index contributed by atoms with van der Waals surface area (Å²) in [6, 6.07) is 9.68. The van der Waals surface area contributed by atoms with E-state index in [4.69, 9.17) is 17.2 Å². The number of hydrogen-bond acceptors (Lipinski definition) is 3. The molecule has 0 saturated carbocycles. The Kier molecular flexibility index (Phi) is 7.89. The predicted octanol–water partition coefficient (Wildman–Crippen LogP) is 0.116. The summed E-state index contributed by atoms with van der Waals surface area (Å²) in [6.07, 6.45) is 3.11. The Bertz CT molecular complexity index is 443. The molecule has 0 fully saturated rings. The van der Waals surface area contributed by atoms with Gasteiger partial charge in [0.15, 0.2) is 5.96 Å². The fourth-order valence-corrected chi connectivity index (χ4v) is 1.93. The van der Waals surface area contributed by atoms with Gasteiger partial charge in [-0.2, -0.15) is 0 Å². The molecular weight excluding hydrogens is 266 g/mol. The van der Waals surface area contributed by atoms with E-state index < -0.39 is 6.04 Å². The first-order valence-electron chi connectivity index (χ1n) is 7.22. The average Bonchev–Trinajstić information content (AvgIpc) is 2.48. The Morgan fingerprint density at radius 3 is 2.57 bits per heavy atom. The van der Waals surface area contributed by atoms with Crippen LogP contribution in [0.1, 0.15) is 24.8 Å². The Hall–Kier alpha value is -2.08. The third-order valence-corrected chi connectivity index (χ3v) is 3.09. The molecule has 1 aromatic carbocycles. The molecule has 0 aliphatic rings. The van der Waals surface area contributed by atoms with E-state index in [1.165, 1.54) is 5.56 Å². The predicted molar refractivity (Wildman–Crippen MR) is 85.7 cm³/mol. The molecule has 0 aliphatic carbocycles. The largest absolute Gasteiger partial charge is 0.370 e. The Labute approximate surface area is 125 Å². The van der Waals surface area contributed by atoms with E-state index >= 15 is 0 Å². The normalized spacial score (nSPS) is 11.7. The van der Waals surface area contributed by atoms with Crippen LogP contribution in [0.3, 0.4) is 0 Å². The molecule has 1 atom stereocenters. The zero-order valence-electron chi connectivity index (χ0n) is 12.3. The lowest BCUT2D eigenvalue weighted by atomic mass is 10.1. The zero-order valence-corrected chi connectivity index (χ0v) is 12.3. The van der Waals surface area contributed by atoms with Crippen molar-refractivity contribution in [2.45, 2.75) is 31.7 Å². The molecule has 0 bridgehead atoms. The van der Waals surface area contributed by atoms with Crippen LogP contribution in [0.5, 0.6) is 0 Å². The number of carbonyl (C=O) groups excluding carboxylic acids is 1. The first-order valence-corrected chi connectivity index (χ1v) is 7.22. The summed E-state index contributed by atoms with van der Waals surface area (Å²) in [4.78, 5) is 15.6. The molecule has 0 aromatic heterocycles. The number of benzene rings is 1. The summed E-state index contributed by atoms with van der Waals surface area (Å²) in [5.41, 5.74) is 17.5. The van der Waals surface area contributed by atoms with Gasteiger partial charge >= 0.3 is 0 Å². The van der Waals surface area contributed by atoms with Gasteiger partial charge in [0, 0.05) is 13.1 Å². The highest BCUT2D eigenvalue weighted by Gasteiger charge is 2.11.